The van der Waals surface area contributed by atoms with Crippen molar-refractivity contribution >= 4 is 24.4 Å². The number of Topliss-reactive ketones (excluding diaryl/α,β-unsaturated/α-hetero) is 1. The second kappa shape index (κ2) is 6.91. The first kappa shape index (κ1) is 20.9. The number of thiol groups is 1. The van der Waals surface area contributed by atoms with Crippen LogP contribution in [-0.4, -0.2) is 34.8 Å². The first-order valence-corrected chi connectivity index (χ1v) is 10.9. The molecule has 3 fully saturated rings. The minimum atomic E-state index is -0.637. The van der Waals surface area contributed by atoms with Gasteiger partial charge in [0.05, 0.1) is 11.9 Å². The highest BCUT2D eigenvalue weighted by molar-refractivity contribution is 7.81. The number of ketones is 1. The molecular formula is C22H34O4S. The molecule has 0 aromatic carbocycles. The molecule has 0 saturated heterocycles. The molecule has 1 N–H and O–H groups in total. The molecule has 4 nitrogen and oxygen atoms in total. The molecule has 27 heavy (non-hydrogen) atoms. The monoisotopic (exact) mass is 394 g/mol. The Morgan fingerprint density at radius 1 is 1.41 bits per heavy atom. The molecule has 3 aliphatic carbocycles. The molecule has 8 atom stereocenters. The topological polar surface area (TPSA) is 63.6 Å². The highest BCUT2D eigenvalue weighted by atomic mass is 32.1. The van der Waals surface area contributed by atoms with E-state index >= 15 is 0 Å². The summed E-state index contributed by atoms with van der Waals surface area (Å²) < 4.78 is 5.94. The van der Waals surface area contributed by atoms with Crippen LogP contribution in [0.25, 0.3) is 0 Å². The Balaban J connectivity index is 2.16. The number of carbonyl (C=O) groups excluding carboxylic acids is 2. The summed E-state index contributed by atoms with van der Waals surface area (Å²) in [5.74, 6) is 0.120. The van der Waals surface area contributed by atoms with Gasteiger partial charge in [-0.05, 0) is 36.5 Å². The van der Waals surface area contributed by atoms with Crippen LogP contribution < -0.4 is 0 Å². The van der Waals surface area contributed by atoms with E-state index in [1.54, 1.807) is 0 Å². The summed E-state index contributed by atoms with van der Waals surface area (Å²) in [5.41, 5.74) is -1.18. The standard InChI is InChI=1S/C22H34O4S/c1-6-14-10-22(14)16(26-17(24)12-27)11-20(4,7-2)19(25)13(3)21(5)9-8-15(23)18(21)22/h7,13-14,16,18-19,25,27H,2,6,8-12H2,1,3-5H3/t13-,14?,16+,18+,19-,20+,21-,22-/m0/s1. The molecule has 3 rings (SSSR count). The van der Waals surface area contributed by atoms with E-state index in [4.69, 9.17) is 4.74 Å². The van der Waals surface area contributed by atoms with E-state index in [1.807, 2.05) is 13.0 Å². The maximum absolute atomic E-state index is 13.1. The molecular weight excluding hydrogens is 360 g/mol. The van der Waals surface area contributed by atoms with Gasteiger partial charge < -0.3 is 9.84 Å². The van der Waals surface area contributed by atoms with Gasteiger partial charge in [-0.2, -0.15) is 12.6 Å². The quantitative estimate of drug-likeness (QED) is 0.432. The predicted molar refractivity (Wildman–Crippen MR) is 108 cm³/mol. The lowest BCUT2D eigenvalue weighted by atomic mass is 9.54. The zero-order valence-corrected chi connectivity index (χ0v) is 17.9. The minimum Gasteiger partial charge on any atom is -0.461 e. The molecule has 5 heteroatoms. The smallest absolute Gasteiger partial charge is 0.315 e. The minimum absolute atomic E-state index is 0.0169. The molecule has 0 aromatic rings. The van der Waals surface area contributed by atoms with Gasteiger partial charge in [-0.1, -0.05) is 40.2 Å². The van der Waals surface area contributed by atoms with Gasteiger partial charge in [0.15, 0.2) is 0 Å². The molecule has 0 aromatic heterocycles. The fourth-order valence-electron chi connectivity index (χ4n) is 6.47. The van der Waals surface area contributed by atoms with Gasteiger partial charge in [-0.15, -0.1) is 6.58 Å². The van der Waals surface area contributed by atoms with Gasteiger partial charge in [0.2, 0.25) is 0 Å². The third-order valence-electron chi connectivity index (χ3n) is 8.40. The van der Waals surface area contributed by atoms with Crippen molar-refractivity contribution in [3.05, 3.63) is 12.7 Å². The van der Waals surface area contributed by atoms with Crippen LogP contribution in [-0.2, 0) is 14.3 Å². The highest BCUT2D eigenvalue weighted by Gasteiger charge is 2.73. The van der Waals surface area contributed by atoms with Crippen molar-refractivity contribution in [2.24, 2.45) is 34.0 Å². The Morgan fingerprint density at radius 3 is 2.59 bits per heavy atom. The van der Waals surface area contributed by atoms with Crippen LogP contribution in [0.5, 0.6) is 0 Å². The van der Waals surface area contributed by atoms with Crippen molar-refractivity contribution < 1.29 is 19.4 Å². The first-order chi connectivity index (χ1) is 12.6. The molecule has 0 aliphatic heterocycles. The van der Waals surface area contributed by atoms with Crippen molar-refractivity contribution in [3.63, 3.8) is 0 Å². The van der Waals surface area contributed by atoms with E-state index in [2.05, 4.69) is 40.0 Å². The van der Waals surface area contributed by atoms with E-state index in [9.17, 15) is 14.7 Å². The van der Waals surface area contributed by atoms with Crippen molar-refractivity contribution in [1.29, 1.82) is 0 Å². The highest BCUT2D eigenvalue weighted by Crippen LogP contribution is 2.72. The van der Waals surface area contributed by atoms with Crippen LogP contribution in [0.1, 0.15) is 59.8 Å². The second-order valence-corrected chi connectivity index (χ2v) is 9.93. The SMILES string of the molecule is C=C[C@]1(C)C[C@@H](OC(=O)CS)[C@@]2(CC2CC)[C@@H]2C(=O)CC[C@@]2(C)[C@@H](C)[C@@H]1O. The zero-order chi connectivity index (χ0) is 20.2. The number of fused-ring (bicyclic) bond motifs is 2. The molecule has 3 aliphatic rings. The number of rotatable bonds is 4. The van der Waals surface area contributed by atoms with Gasteiger partial charge in [-0.25, -0.2) is 0 Å². The summed E-state index contributed by atoms with van der Waals surface area (Å²) >= 11 is 4.08. The Kier molecular flexibility index (Phi) is 5.35. The van der Waals surface area contributed by atoms with E-state index in [1.165, 1.54) is 0 Å². The molecule has 0 bridgehead atoms. The third-order valence-corrected chi connectivity index (χ3v) is 8.66. The zero-order valence-electron chi connectivity index (χ0n) is 17.0. The summed E-state index contributed by atoms with van der Waals surface area (Å²) in [6.07, 6.45) is 4.50. The third kappa shape index (κ3) is 2.91. The first-order valence-electron chi connectivity index (χ1n) is 10.3. The van der Waals surface area contributed by atoms with E-state index < -0.39 is 17.6 Å². The number of carbonyl (C=O) groups is 2. The average Bonchev–Trinajstić information content (AvgIpc) is 3.30. The number of esters is 1. The number of aliphatic hydroxyl groups is 1. The van der Waals surface area contributed by atoms with Crippen LogP contribution in [0.2, 0.25) is 0 Å². The van der Waals surface area contributed by atoms with Crippen molar-refractivity contribution in [1.82, 2.24) is 0 Å². The molecule has 152 valence electrons. The number of hydrogen-bond donors (Lipinski definition) is 2. The fraction of sp³-hybridized carbons (Fsp3) is 0.818. The number of hydrogen-bond acceptors (Lipinski definition) is 5. The van der Waals surface area contributed by atoms with Gasteiger partial charge >= 0.3 is 5.97 Å². The summed E-state index contributed by atoms with van der Waals surface area (Å²) in [4.78, 5) is 25.3. The lowest BCUT2D eigenvalue weighted by Crippen LogP contribution is -2.55. The van der Waals surface area contributed by atoms with Crippen LogP contribution in [0.15, 0.2) is 12.7 Å². The summed E-state index contributed by atoms with van der Waals surface area (Å²) in [5, 5.41) is 11.3. The maximum atomic E-state index is 13.1. The van der Waals surface area contributed by atoms with Gasteiger partial charge in [-0.3, -0.25) is 9.59 Å². The van der Waals surface area contributed by atoms with Gasteiger partial charge in [0.1, 0.15) is 11.9 Å². The van der Waals surface area contributed by atoms with E-state index in [0.717, 1.165) is 19.3 Å². The lowest BCUT2D eigenvalue weighted by Gasteiger charge is -2.52. The summed E-state index contributed by atoms with van der Waals surface area (Å²) in [7, 11) is 0. The van der Waals surface area contributed by atoms with Crippen LogP contribution >= 0.6 is 12.6 Å². The summed E-state index contributed by atoms with van der Waals surface area (Å²) in [6, 6.07) is 0. The van der Waals surface area contributed by atoms with Crippen molar-refractivity contribution in [2.45, 2.75) is 72.0 Å². The number of aliphatic hydroxyl groups excluding tert-OH is 1. The second-order valence-electron chi connectivity index (χ2n) is 9.61. The Labute approximate surface area is 168 Å². The predicted octanol–water partition coefficient (Wildman–Crippen LogP) is 3.82. The normalized spacial score (nSPS) is 49.3. The van der Waals surface area contributed by atoms with Gasteiger partial charge in [0, 0.05) is 23.2 Å². The molecule has 0 heterocycles. The molecule has 3 saturated carbocycles. The fourth-order valence-corrected chi connectivity index (χ4v) is 6.55. The Hall–Kier alpha value is -0.810. The molecule has 1 unspecified atom stereocenters. The summed E-state index contributed by atoms with van der Waals surface area (Å²) in [6.45, 7) is 12.4. The van der Waals surface area contributed by atoms with Gasteiger partial charge in [0.25, 0.3) is 0 Å². The maximum Gasteiger partial charge on any atom is 0.315 e. The Morgan fingerprint density at radius 2 is 2.07 bits per heavy atom. The van der Waals surface area contributed by atoms with Crippen molar-refractivity contribution in [2.75, 3.05) is 5.75 Å². The van der Waals surface area contributed by atoms with E-state index in [0.29, 0.717) is 18.8 Å². The van der Waals surface area contributed by atoms with Crippen LogP contribution in [0.4, 0.5) is 0 Å². The van der Waals surface area contributed by atoms with E-state index in [-0.39, 0.29) is 40.2 Å². The largest absolute Gasteiger partial charge is 0.461 e. The Bertz CT molecular complexity index is 648. The molecule has 0 amide bonds. The average molecular weight is 395 g/mol. The number of ether oxygens (including phenoxy) is 1. The lowest BCUT2D eigenvalue weighted by molar-refractivity contribution is -0.170. The van der Waals surface area contributed by atoms with Crippen LogP contribution in [0.3, 0.4) is 0 Å². The van der Waals surface area contributed by atoms with Crippen LogP contribution in [0, 0.1) is 34.0 Å². The molecule has 1 spiro atoms. The van der Waals surface area contributed by atoms with Crippen molar-refractivity contribution in [3.8, 4) is 0 Å². The molecule has 0 radical (unpaired) electrons.